The van der Waals surface area contributed by atoms with Gasteiger partial charge in [0.15, 0.2) is 14.3 Å². The highest BCUT2D eigenvalue weighted by Crippen LogP contribution is 2.20. The minimum atomic E-state index is -2.48. The number of carbonyl (C=O) groups excluding carboxylic acids is 2. The van der Waals surface area contributed by atoms with Gasteiger partial charge in [-0.15, -0.1) is 0 Å². The fourth-order valence-corrected chi connectivity index (χ4v) is 2.23. The summed E-state index contributed by atoms with van der Waals surface area (Å²) in [6.45, 7) is 4.56. The van der Waals surface area contributed by atoms with E-state index in [4.69, 9.17) is 4.89 Å². The Morgan fingerprint density at radius 2 is 1.82 bits per heavy atom. The fraction of sp³-hybridized carbons (Fsp3) is 0.846. The lowest BCUT2D eigenvalue weighted by molar-refractivity contribution is -0.155. The van der Waals surface area contributed by atoms with Gasteiger partial charge in [-0.05, 0) is 25.2 Å². The van der Waals surface area contributed by atoms with Crippen molar-refractivity contribution in [1.29, 1.82) is 0 Å². The first-order valence-corrected chi connectivity index (χ1v) is 8.74. The van der Waals surface area contributed by atoms with Gasteiger partial charge < -0.3 is 14.4 Å². The van der Waals surface area contributed by atoms with Crippen molar-refractivity contribution in [1.82, 2.24) is 5.32 Å². The zero-order chi connectivity index (χ0) is 17.1. The average Bonchev–Trinajstić information content (AvgIpc) is 2.42. The molecule has 22 heavy (non-hydrogen) atoms. The molecule has 0 aromatic carbocycles. The molecule has 3 atom stereocenters. The maximum atomic E-state index is 13.5. The second-order valence-corrected chi connectivity index (χ2v) is 6.68. The van der Waals surface area contributed by atoms with E-state index in [-0.39, 0.29) is 24.4 Å². The molecule has 3 unspecified atom stereocenters. The van der Waals surface area contributed by atoms with E-state index in [1.165, 1.54) is 0 Å². The Morgan fingerprint density at radius 3 is 2.36 bits per heavy atom. The molecule has 9 heteroatoms. The fourth-order valence-electron chi connectivity index (χ4n) is 1.49. The van der Waals surface area contributed by atoms with Gasteiger partial charge in [-0.25, -0.2) is 9.18 Å². The topological polar surface area (TPSA) is 102 Å². The maximum Gasteiger partial charge on any atom is 0.412 e. The Kier molecular flexibility index (Phi) is 10.8. The number of nitrogens with one attached hydrogen (secondary N) is 1. The van der Waals surface area contributed by atoms with Crippen LogP contribution in [0.25, 0.3) is 0 Å². The number of rotatable bonds is 10. The highest BCUT2D eigenvalue weighted by Gasteiger charge is 2.15. The summed E-state index contributed by atoms with van der Waals surface area (Å²) >= 11 is 0. The van der Waals surface area contributed by atoms with E-state index in [0.29, 0.717) is 12.8 Å². The smallest absolute Gasteiger partial charge is 0.412 e. The number of amides is 1. The van der Waals surface area contributed by atoms with Crippen molar-refractivity contribution in [3.05, 3.63) is 0 Å². The Hall–Kier alpha value is -1.14. The molecule has 1 amide bonds. The summed E-state index contributed by atoms with van der Waals surface area (Å²) in [5, 5.41) is 1.98. The van der Waals surface area contributed by atoms with E-state index in [1.807, 2.05) is 12.2 Å². The predicted molar refractivity (Wildman–Crippen MR) is 79.4 cm³/mol. The quantitative estimate of drug-likeness (QED) is 0.274. The van der Waals surface area contributed by atoms with Gasteiger partial charge in [0.25, 0.3) is 0 Å². The van der Waals surface area contributed by atoms with Crippen LogP contribution in [0.4, 0.5) is 9.18 Å². The van der Waals surface area contributed by atoms with Crippen LogP contribution in [0.3, 0.4) is 0 Å². The third kappa shape index (κ3) is 11.5. The molecule has 0 bridgehead atoms. The molecule has 130 valence electrons. The predicted octanol–water partition coefficient (Wildman–Crippen LogP) is 2.44. The molecular formula is C13H25FNO6P. The van der Waals surface area contributed by atoms with Crippen LogP contribution in [0.1, 0.15) is 40.0 Å². The first-order chi connectivity index (χ1) is 10.2. The third-order valence-corrected chi connectivity index (χ3v) is 3.62. The molecule has 0 spiro atoms. The van der Waals surface area contributed by atoms with Gasteiger partial charge in [-0.3, -0.25) is 14.7 Å². The summed E-state index contributed by atoms with van der Waals surface area (Å²) in [5.41, 5.74) is 0. The van der Waals surface area contributed by atoms with Crippen molar-refractivity contribution in [2.45, 2.75) is 46.3 Å². The molecule has 0 saturated heterocycles. The number of carbonyl (C=O) groups is 2. The molecule has 0 saturated carbocycles. The summed E-state index contributed by atoms with van der Waals surface area (Å²) in [4.78, 5) is 31.0. The number of hydrogen-bond donors (Lipinski definition) is 2. The van der Waals surface area contributed by atoms with Crippen LogP contribution in [0.2, 0.25) is 0 Å². The number of hydrogen-bond acceptors (Lipinski definition) is 5. The number of alkyl halides is 1. The van der Waals surface area contributed by atoms with Crippen molar-refractivity contribution in [2.75, 3.05) is 13.0 Å². The van der Waals surface area contributed by atoms with E-state index in [0.717, 1.165) is 0 Å². The normalized spacial score (nSPS) is 15.0. The average molecular weight is 341 g/mol. The van der Waals surface area contributed by atoms with Gasteiger partial charge >= 0.3 is 12.1 Å². The van der Waals surface area contributed by atoms with Crippen LogP contribution in [0.5, 0.6) is 0 Å². The van der Waals surface area contributed by atoms with Gasteiger partial charge in [0.05, 0.1) is 5.92 Å². The highest BCUT2D eigenvalue weighted by molar-refractivity contribution is 7.37. The largest absolute Gasteiger partial charge is 0.428 e. The molecule has 0 heterocycles. The second kappa shape index (κ2) is 11.4. The van der Waals surface area contributed by atoms with E-state index < -0.39 is 33.2 Å². The van der Waals surface area contributed by atoms with E-state index in [9.17, 15) is 18.5 Å². The van der Waals surface area contributed by atoms with Crippen LogP contribution in [0, 0.1) is 11.8 Å². The Balaban J connectivity index is 3.77. The van der Waals surface area contributed by atoms with Gasteiger partial charge in [0, 0.05) is 6.16 Å². The molecule has 0 rings (SSSR count). The van der Waals surface area contributed by atoms with Crippen molar-refractivity contribution in [3.63, 3.8) is 0 Å². The lowest BCUT2D eigenvalue weighted by Gasteiger charge is -2.14. The van der Waals surface area contributed by atoms with Gasteiger partial charge in [0.1, 0.15) is 0 Å². The Labute approximate surface area is 130 Å². The van der Waals surface area contributed by atoms with Crippen LogP contribution < -0.4 is 5.32 Å². The number of alkyl carbamates (subject to hydrolysis) is 1. The molecule has 7 nitrogen and oxygen atoms in total. The van der Waals surface area contributed by atoms with E-state index >= 15 is 0 Å². The molecule has 0 radical (unpaired) electrons. The molecule has 0 aliphatic carbocycles. The first kappa shape index (κ1) is 20.9. The van der Waals surface area contributed by atoms with Gasteiger partial charge in [0.2, 0.25) is 6.79 Å². The molecule has 0 fully saturated rings. The van der Waals surface area contributed by atoms with E-state index in [2.05, 4.69) is 9.47 Å². The monoisotopic (exact) mass is 341 g/mol. The van der Waals surface area contributed by atoms with Crippen LogP contribution in [-0.2, 0) is 18.8 Å². The lowest BCUT2D eigenvalue weighted by atomic mass is 10.0. The summed E-state index contributed by atoms with van der Waals surface area (Å²) in [6, 6.07) is 0. The molecule has 0 aliphatic heterocycles. The Morgan fingerprint density at radius 1 is 1.18 bits per heavy atom. The minimum absolute atomic E-state index is 0.0778. The van der Waals surface area contributed by atoms with Gasteiger partial charge in [-0.2, -0.15) is 0 Å². The van der Waals surface area contributed by atoms with Crippen LogP contribution in [-0.4, -0.2) is 36.2 Å². The molecule has 0 aliphatic rings. The SMILES string of the molecule is CC(CCC(F)NC(=O)OCOC(=O)C(C)C)CC[PH](=O)O. The summed E-state index contributed by atoms with van der Waals surface area (Å²) in [5.74, 6) is -0.761. The number of esters is 1. The second-order valence-electron chi connectivity index (χ2n) is 5.39. The van der Waals surface area contributed by atoms with Crippen molar-refractivity contribution < 1.29 is 32.9 Å². The molecular weight excluding hydrogens is 316 g/mol. The van der Waals surface area contributed by atoms with Crippen LogP contribution >= 0.6 is 8.03 Å². The summed E-state index contributed by atoms with van der Waals surface area (Å²) < 4.78 is 33.2. The first-order valence-electron chi connectivity index (χ1n) is 7.18. The highest BCUT2D eigenvalue weighted by atomic mass is 31.1. The standard InChI is InChI=1S/C13H25FNO6P/c1-9(2)12(16)20-8-21-13(17)15-11(14)5-4-10(3)6-7-22(18)19/h9-11,22H,4-8H2,1-3H3,(H,15,17)(H,18,19). The molecule has 0 aromatic rings. The summed E-state index contributed by atoms with van der Waals surface area (Å²) in [7, 11) is -2.48. The van der Waals surface area contributed by atoms with E-state index in [1.54, 1.807) is 13.8 Å². The lowest BCUT2D eigenvalue weighted by Crippen LogP contribution is -2.33. The van der Waals surface area contributed by atoms with Gasteiger partial charge in [-0.1, -0.05) is 20.8 Å². The third-order valence-electron chi connectivity index (χ3n) is 2.90. The maximum absolute atomic E-state index is 13.5. The summed E-state index contributed by atoms with van der Waals surface area (Å²) in [6.07, 6.45) is -1.28. The van der Waals surface area contributed by atoms with Crippen molar-refractivity contribution in [3.8, 4) is 0 Å². The minimum Gasteiger partial charge on any atom is -0.428 e. The number of ether oxygens (including phenoxy) is 2. The Bertz CT molecular complexity index is 380. The zero-order valence-corrected chi connectivity index (χ0v) is 14.1. The van der Waals surface area contributed by atoms with Crippen LogP contribution in [0.15, 0.2) is 0 Å². The number of halogens is 1. The molecule has 0 aromatic heterocycles. The molecule has 2 N–H and O–H groups in total. The zero-order valence-electron chi connectivity index (χ0n) is 13.1. The van der Waals surface area contributed by atoms with Crippen molar-refractivity contribution >= 4 is 20.1 Å². The van der Waals surface area contributed by atoms with Crippen molar-refractivity contribution in [2.24, 2.45) is 11.8 Å².